The number of halogens is 1. The monoisotopic (exact) mass is 319 g/mol. The molecule has 0 bridgehead atoms. The quantitative estimate of drug-likeness (QED) is 0.631. The van der Waals surface area contributed by atoms with Crippen LogP contribution in [0, 0.1) is 12.7 Å². The highest BCUT2D eigenvalue weighted by Gasteiger charge is 2.20. The maximum absolute atomic E-state index is 13.7. The Labute approximate surface area is 123 Å². The molecule has 0 saturated carbocycles. The summed E-state index contributed by atoms with van der Waals surface area (Å²) in [4.78, 5) is 11.4. The SMILES string of the molecule is Cc1cc(F)c(C(=O)OCCOC(C)C)cc1S(N)(=O)=O. The van der Waals surface area contributed by atoms with Crippen molar-refractivity contribution in [2.75, 3.05) is 13.2 Å². The van der Waals surface area contributed by atoms with E-state index >= 15 is 0 Å². The first kappa shape index (κ1) is 17.5. The van der Waals surface area contributed by atoms with Crippen LogP contribution in [0.2, 0.25) is 0 Å². The first-order chi connectivity index (χ1) is 9.62. The van der Waals surface area contributed by atoms with Gasteiger partial charge in [-0.2, -0.15) is 0 Å². The average molecular weight is 319 g/mol. The second-order valence-electron chi connectivity index (χ2n) is 4.70. The molecule has 0 spiro atoms. The number of benzene rings is 1. The van der Waals surface area contributed by atoms with E-state index in [1.807, 2.05) is 13.8 Å². The zero-order valence-corrected chi connectivity index (χ0v) is 12.9. The van der Waals surface area contributed by atoms with Crippen molar-refractivity contribution in [3.63, 3.8) is 0 Å². The van der Waals surface area contributed by atoms with E-state index in [2.05, 4.69) is 0 Å². The molecule has 1 aromatic rings. The molecule has 0 aromatic heterocycles. The van der Waals surface area contributed by atoms with Gasteiger partial charge in [0.1, 0.15) is 12.4 Å². The lowest BCUT2D eigenvalue weighted by Crippen LogP contribution is -2.18. The highest BCUT2D eigenvalue weighted by molar-refractivity contribution is 7.89. The molecule has 118 valence electrons. The standard InChI is InChI=1S/C13H18FNO5S/c1-8(2)19-4-5-20-13(16)10-7-12(21(15,17)18)9(3)6-11(10)14/h6-8H,4-5H2,1-3H3,(H2,15,17,18). The van der Waals surface area contributed by atoms with Gasteiger partial charge in [0.2, 0.25) is 10.0 Å². The fourth-order valence-electron chi connectivity index (χ4n) is 1.61. The van der Waals surface area contributed by atoms with Gasteiger partial charge in [-0.15, -0.1) is 0 Å². The van der Waals surface area contributed by atoms with Gasteiger partial charge in [-0.05, 0) is 38.5 Å². The largest absolute Gasteiger partial charge is 0.460 e. The summed E-state index contributed by atoms with van der Waals surface area (Å²) in [7, 11) is -4.04. The summed E-state index contributed by atoms with van der Waals surface area (Å²) in [6.07, 6.45) is -0.0196. The predicted molar refractivity (Wildman–Crippen MR) is 73.9 cm³/mol. The first-order valence-corrected chi connectivity index (χ1v) is 7.79. The zero-order chi connectivity index (χ0) is 16.2. The lowest BCUT2D eigenvalue weighted by atomic mass is 10.1. The molecule has 21 heavy (non-hydrogen) atoms. The van der Waals surface area contributed by atoms with Crippen molar-refractivity contribution in [2.24, 2.45) is 5.14 Å². The first-order valence-electron chi connectivity index (χ1n) is 6.24. The number of hydrogen-bond acceptors (Lipinski definition) is 5. The van der Waals surface area contributed by atoms with Crippen LogP contribution in [-0.4, -0.2) is 33.7 Å². The number of sulfonamides is 1. The van der Waals surface area contributed by atoms with Crippen LogP contribution in [-0.2, 0) is 19.5 Å². The van der Waals surface area contributed by atoms with Crippen LogP contribution in [0.3, 0.4) is 0 Å². The highest BCUT2D eigenvalue weighted by Crippen LogP contribution is 2.19. The van der Waals surface area contributed by atoms with E-state index < -0.39 is 27.4 Å². The number of hydrogen-bond donors (Lipinski definition) is 1. The summed E-state index contributed by atoms with van der Waals surface area (Å²) < 4.78 is 46.5. The molecule has 0 amide bonds. The Balaban J connectivity index is 2.90. The smallest absolute Gasteiger partial charge is 0.341 e. The third-order valence-electron chi connectivity index (χ3n) is 2.56. The number of primary sulfonamides is 1. The van der Waals surface area contributed by atoms with Gasteiger partial charge in [-0.3, -0.25) is 0 Å². The van der Waals surface area contributed by atoms with Crippen LogP contribution in [0.25, 0.3) is 0 Å². The van der Waals surface area contributed by atoms with E-state index in [9.17, 15) is 17.6 Å². The summed E-state index contributed by atoms with van der Waals surface area (Å²) in [6.45, 7) is 5.13. The Morgan fingerprint density at radius 3 is 2.48 bits per heavy atom. The Kier molecular flexibility index (Phi) is 5.82. The van der Waals surface area contributed by atoms with Gasteiger partial charge >= 0.3 is 5.97 Å². The number of carbonyl (C=O) groups is 1. The number of nitrogens with two attached hydrogens (primary N) is 1. The van der Waals surface area contributed by atoms with Gasteiger partial charge in [0.15, 0.2) is 0 Å². The lowest BCUT2D eigenvalue weighted by molar-refractivity contribution is 0.0173. The summed E-state index contributed by atoms with van der Waals surface area (Å²) in [5, 5.41) is 5.01. The number of carbonyl (C=O) groups excluding carboxylic acids is 1. The summed E-state index contributed by atoms with van der Waals surface area (Å²) >= 11 is 0. The second kappa shape index (κ2) is 6.97. The number of aryl methyl sites for hydroxylation is 1. The van der Waals surface area contributed by atoms with Crippen LogP contribution in [0.4, 0.5) is 4.39 Å². The fourth-order valence-corrected chi connectivity index (χ4v) is 2.40. The second-order valence-corrected chi connectivity index (χ2v) is 6.23. The van der Waals surface area contributed by atoms with Crippen LogP contribution >= 0.6 is 0 Å². The molecule has 0 atom stereocenters. The van der Waals surface area contributed by atoms with Gasteiger partial charge in [-0.1, -0.05) is 0 Å². The topological polar surface area (TPSA) is 95.7 Å². The average Bonchev–Trinajstić information content (AvgIpc) is 2.32. The minimum atomic E-state index is -4.04. The maximum Gasteiger partial charge on any atom is 0.341 e. The molecular formula is C13H18FNO5S. The zero-order valence-electron chi connectivity index (χ0n) is 12.1. The highest BCUT2D eigenvalue weighted by atomic mass is 32.2. The van der Waals surface area contributed by atoms with Crippen molar-refractivity contribution in [3.8, 4) is 0 Å². The van der Waals surface area contributed by atoms with Crippen molar-refractivity contribution in [1.29, 1.82) is 0 Å². The summed E-state index contributed by atoms with van der Waals surface area (Å²) in [5.41, 5.74) is -0.358. The molecule has 0 radical (unpaired) electrons. The van der Waals surface area contributed by atoms with E-state index in [0.29, 0.717) is 0 Å². The van der Waals surface area contributed by atoms with Crippen LogP contribution in [0.1, 0.15) is 29.8 Å². The predicted octanol–water partition coefficient (Wildman–Crippen LogP) is 1.36. The van der Waals surface area contributed by atoms with Crippen LogP contribution < -0.4 is 5.14 Å². The van der Waals surface area contributed by atoms with E-state index in [1.54, 1.807) is 0 Å². The third-order valence-corrected chi connectivity index (χ3v) is 3.61. The van der Waals surface area contributed by atoms with E-state index in [1.165, 1.54) is 6.92 Å². The van der Waals surface area contributed by atoms with Gasteiger partial charge in [0, 0.05) is 0 Å². The van der Waals surface area contributed by atoms with E-state index in [-0.39, 0.29) is 29.8 Å². The van der Waals surface area contributed by atoms with Crippen molar-refractivity contribution >= 4 is 16.0 Å². The molecular weight excluding hydrogens is 301 g/mol. The number of esters is 1. The minimum absolute atomic E-state index is 0.0196. The lowest BCUT2D eigenvalue weighted by Gasteiger charge is -2.10. The van der Waals surface area contributed by atoms with Gasteiger partial charge in [0.05, 0.1) is 23.2 Å². The molecule has 0 fully saturated rings. The number of rotatable bonds is 6. The van der Waals surface area contributed by atoms with Crippen molar-refractivity contribution in [1.82, 2.24) is 0 Å². The molecule has 0 aliphatic heterocycles. The molecule has 0 heterocycles. The normalized spacial score (nSPS) is 11.7. The molecule has 1 aromatic carbocycles. The van der Waals surface area contributed by atoms with Gasteiger partial charge in [-0.25, -0.2) is 22.7 Å². The van der Waals surface area contributed by atoms with Crippen molar-refractivity contribution in [2.45, 2.75) is 31.8 Å². The molecule has 0 aliphatic rings. The number of ether oxygens (including phenoxy) is 2. The Morgan fingerprint density at radius 1 is 1.33 bits per heavy atom. The Morgan fingerprint density at radius 2 is 1.95 bits per heavy atom. The van der Waals surface area contributed by atoms with Crippen molar-refractivity contribution < 1.29 is 27.1 Å². The molecule has 2 N–H and O–H groups in total. The molecule has 6 nitrogen and oxygen atoms in total. The summed E-state index contributed by atoms with van der Waals surface area (Å²) in [6, 6.07) is 1.81. The Bertz CT molecular complexity index is 628. The molecule has 8 heteroatoms. The van der Waals surface area contributed by atoms with Crippen LogP contribution in [0.15, 0.2) is 17.0 Å². The minimum Gasteiger partial charge on any atom is -0.460 e. The molecule has 1 rings (SSSR count). The molecule has 0 aliphatic carbocycles. The Hall–Kier alpha value is -1.51. The van der Waals surface area contributed by atoms with Gasteiger partial charge in [0.25, 0.3) is 0 Å². The third kappa shape index (κ3) is 5.07. The van der Waals surface area contributed by atoms with Gasteiger partial charge < -0.3 is 9.47 Å². The fraction of sp³-hybridized carbons (Fsp3) is 0.462. The van der Waals surface area contributed by atoms with E-state index in [0.717, 1.165) is 12.1 Å². The molecule has 0 saturated heterocycles. The van der Waals surface area contributed by atoms with Crippen molar-refractivity contribution in [3.05, 3.63) is 29.1 Å². The molecule has 0 unspecified atom stereocenters. The maximum atomic E-state index is 13.7. The summed E-state index contributed by atoms with van der Waals surface area (Å²) in [5.74, 6) is -1.83. The van der Waals surface area contributed by atoms with Crippen LogP contribution in [0.5, 0.6) is 0 Å². The van der Waals surface area contributed by atoms with E-state index in [4.69, 9.17) is 14.6 Å².